The summed E-state index contributed by atoms with van der Waals surface area (Å²) >= 11 is 0. The topological polar surface area (TPSA) is 29.4 Å². The molecule has 1 aliphatic rings. The highest BCUT2D eigenvalue weighted by atomic mass is 16.1. The maximum absolute atomic E-state index is 10.8. The number of benzene rings is 1. The third-order valence-corrected chi connectivity index (χ3v) is 1.84. The molecule has 64 valence electrons. The minimum absolute atomic E-state index is 0.0304. The molecule has 0 spiro atoms. The van der Waals surface area contributed by atoms with Crippen LogP contribution in [0.15, 0.2) is 41.0 Å². The molecule has 2 heteroatoms. The average molecular weight is 171 g/mol. The van der Waals surface area contributed by atoms with Gasteiger partial charge in [0.15, 0.2) is 5.78 Å². The predicted octanol–water partition coefficient (Wildman–Crippen LogP) is 0.573. The summed E-state index contributed by atoms with van der Waals surface area (Å²) in [5.41, 5.74) is 0.744. The lowest BCUT2D eigenvalue weighted by Crippen LogP contribution is -2.19. The van der Waals surface area contributed by atoms with Crippen LogP contribution >= 0.6 is 0 Å². The Morgan fingerprint density at radius 2 is 2.15 bits per heavy atom. The highest BCUT2D eigenvalue weighted by Gasteiger charge is 1.99. The monoisotopic (exact) mass is 171 g/mol. The summed E-state index contributed by atoms with van der Waals surface area (Å²) in [6, 6.07) is 7.82. The van der Waals surface area contributed by atoms with Gasteiger partial charge in [-0.1, -0.05) is 18.2 Å². The molecular weight excluding hydrogens is 162 g/mol. The van der Waals surface area contributed by atoms with Crippen molar-refractivity contribution in [1.82, 2.24) is 0 Å². The lowest BCUT2D eigenvalue weighted by molar-refractivity contribution is -0.112. The van der Waals surface area contributed by atoms with E-state index in [9.17, 15) is 4.79 Å². The second kappa shape index (κ2) is 2.98. The molecule has 2 rings (SSSR count). The molecule has 1 aliphatic heterocycles. The van der Waals surface area contributed by atoms with Gasteiger partial charge in [-0.05, 0) is 19.1 Å². The minimum Gasteiger partial charge on any atom is -0.295 e. The van der Waals surface area contributed by atoms with Crippen LogP contribution in [-0.4, -0.2) is 5.78 Å². The minimum atomic E-state index is 0.0304. The lowest BCUT2D eigenvalue weighted by atomic mass is 10.2. The van der Waals surface area contributed by atoms with Gasteiger partial charge in [0.1, 0.15) is 0 Å². The molecule has 0 bridgehead atoms. The third-order valence-electron chi connectivity index (χ3n) is 1.84. The van der Waals surface area contributed by atoms with Crippen molar-refractivity contribution in [2.75, 3.05) is 0 Å². The molecule has 0 N–H and O–H groups in total. The molecule has 1 aromatic carbocycles. The zero-order valence-corrected chi connectivity index (χ0v) is 7.32. The average Bonchev–Trinajstić information content (AvgIpc) is 2.44. The molecule has 0 aliphatic carbocycles. The zero-order valence-electron chi connectivity index (χ0n) is 7.32. The Morgan fingerprint density at radius 3 is 2.85 bits per heavy atom. The number of nitrogens with zero attached hydrogens (tertiary/aromatic N) is 1. The molecular formula is C11H9NO. The van der Waals surface area contributed by atoms with E-state index < -0.39 is 0 Å². The first-order valence-corrected chi connectivity index (χ1v) is 4.13. The van der Waals surface area contributed by atoms with Gasteiger partial charge in [0.2, 0.25) is 0 Å². The quantitative estimate of drug-likeness (QED) is 0.568. The van der Waals surface area contributed by atoms with Crippen LogP contribution in [0.2, 0.25) is 0 Å². The van der Waals surface area contributed by atoms with Crippen molar-refractivity contribution in [2.24, 2.45) is 4.99 Å². The Balaban J connectivity index is 2.58. The van der Waals surface area contributed by atoms with Crippen LogP contribution in [0.4, 0.5) is 0 Å². The first-order chi connectivity index (χ1) is 6.25. The van der Waals surface area contributed by atoms with Gasteiger partial charge in [-0.3, -0.25) is 4.79 Å². The second-order valence-electron chi connectivity index (χ2n) is 2.99. The molecule has 0 radical (unpaired) electrons. The number of allylic oxidation sites excluding steroid dienone is 2. The van der Waals surface area contributed by atoms with Gasteiger partial charge < -0.3 is 0 Å². The first-order valence-electron chi connectivity index (χ1n) is 4.13. The van der Waals surface area contributed by atoms with Crippen molar-refractivity contribution < 1.29 is 4.79 Å². The molecule has 0 atom stereocenters. The maximum Gasteiger partial charge on any atom is 0.154 e. The largest absolute Gasteiger partial charge is 0.295 e. The Kier molecular flexibility index (Phi) is 1.81. The smallest absolute Gasteiger partial charge is 0.154 e. The Morgan fingerprint density at radius 1 is 1.38 bits per heavy atom. The number of ketones is 1. The van der Waals surface area contributed by atoms with E-state index in [-0.39, 0.29) is 5.78 Å². The van der Waals surface area contributed by atoms with E-state index >= 15 is 0 Å². The van der Waals surface area contributed by atoms with Crippen LogP contribution in [0, 0.1) is 0 Å². The summed E-state index contributed by atoms with van der Waals surface area (Å²) in [5.74, 6) is 0.0304. The van der Waals surface area contributed by atoms with Gasteiger partial charge in [-0.15, -0.1) is 0 Å². The fraction of sp³-hybridized carbons (Fsp3) is 0.0909. The van der Waals surface area contributed by atoms with Crippen LogP contribution in [-0.2, 0) is 4.79 Å². The number of hydrogen-bond acceptors (Lipinski definition) is 2. The molecule has 0 amide bonds. The van der Waals surface area contributed by atoms with Crippen molar-refractivity contribution in [3.05, 3.63) is 46.6 Å². The fourth-order valence-corrected chi connectivity index (χ4v) is 1.32. The van der Waals surface area contributed by atoms with Gasteiger partial charge in [0.25, 0.3) is 0 Å². The Hall–Kier alpha value is -1.70. The van der Waals surface area contributed by atoms with Crippen LogP contribution in [0.3, 0.4) is 0 Å². The number of hydrogen-bond donors (Lipinski definition) is 0. The predicted molar refractivity (Wildman–Crippen MR) is 50.5 cm³/mol. The Bertz CT molecular complexity index is 460. The molecule has 0 aromatic heterocycles. The molecule has 1 aromatic rings. The van der Waals surface area contributed by atoms with Crippen molar-refractivity contribution in [2.45, 2.75) is 6.92 Å². The van der Waals surface area contributed by atoms with Gasteiger partial charge in [-0.25, -0.2) is 4.99 Å². The van der Waals surface area contributed by atoms with E-state index in [4.69, 9.17) is 0 Å². The van der Waals surface area contributed by atoms with Crippen LogP contribution in [0.1, 0.15) is 6.92 Å². The van der Waals surface area contributed by atoms with E-state index in [2.05, 4.69) is 4.99 Å². The summed E-state index contributed by atoms with van der Waals surface area (Å²) in [7, 11) is 0. The van der Waals surface area contributed by atoms with Gasteiger partial charge >= 0.3 is 0 Å². The van der Waals surface area contributed by atoms with Gasteiger partial charge in [0.05, 0.1) is 11.1 Å². The molecule has 0 saturated carbocycles. The normalized spacial score (nSPS) is 16.2. The summed E-state index contributed by atoms with van der Waals surface area (Å²) in [5, 5.41) is 2.02. The number of para-hydroxylation sites is 1. The van der Waals surface area contributed by atoms with E-state index in [0.29, 0.717) is 0 Å². The van der Waals surface area contributed by atoms with E-state index in [1.165, 1.54) is 6.92 Å². The fourth-order valence-electron chi connectivity index (χ4n) is 1.32. The van der Waals surface area contributed by atoms with Crippen LogP contribution in [0.25, 0.3) is 6.08 Å². The summed E-state index contributed by atoms with van der Waals surface area (Å²) in [6.45, 7) is 1.53. The molecule has 13 heavy (non-hydrogen) atoms. The van der Waals surface area contributed by atoms with Crippen LogP contribution in [0.5, 0.6) is 0 Å². The Labute approximate surface area is 75.9 Å². The number of carbonyl (C=O) groups excluding carboxylic acids is 1. The van der Waals surface area contributed by atoms with E-state index in [1.54, 1.807) is 6.08 Å². The zero-order chi connectivity index (χ0) is 9.26. The SMILES string of the molecule is CC(=O)C=C1C=c2ccccc2=N1. The number of rotatable bonds is 1. The van der Waals surface area contributed by atoms with E-state index in [1.807, 2.05) is 30.3 Å². The highest BCUT2D eigenvalue weighted by molar-refractivity contribution is 5.89. The van der Waals surface area contributed by atoms with Crippen LogP contribution < -0.4 is 10.6 Å². The highest BCUT2D eigenvalue weighted by Crippen LogP contribution is 2.00. The summed E-state index contributed by atoms with van der Waals surface area (Å²) in [4.78, 5) is 15.1. The van der Waals surface area contributed by atoms with Gasteiger partial charge in [0, 0.05) is 11.3 Å². The third kappa shape index (κ3) is 1.56. The summed E-state index contributed by atoms with van der Waals surface area (Å²) < 4.78 is 0. The molecule has 2 nitrogen and oxygen atoms in total. The second-order valence-corrected chi connectivity index (χ2v) is 2.99. The van der Waals surface area contributed by atoms with Crippen molar-refractivity contribution >= 4 is 11.9 Å². The van der Waals surface area contributed by atoms with E-state index in [0.717, 1.165) is 16.3 Å². The molecule has 0 fully saturated rings. The van der Waals surface area contributed by atoms with Gasteiger partial charge in [-0.2, -0.15) is 0 Å². The molecule has 0 saturated heterocycles. The number of fused-ring (bicyclic) bond motifs is 1. The van der Waals surface area contributed by atoms with Crippen molar-refractivity contribution in [3.63, 3.8) is 0 Å². The maximum atomic E-state index is 10.8. The van der Waals surface area contributed by atoms with Crippen molar-refractivity contribution in [3.8, 4) is 0 Å². The first kappa shape index (κ1) is 7.92. The standard InChI is InChI=1S/C11H9NO/c1-8(13)6-10-7-9-4-2-3-5-11(9)12-10/h2-7H,1H3. The summed E-state index contributed by atoms with van der Waals surface area (Å²) in [6.07, 6.45) is 3.46. The number of carbonyl (C=O) groups is 1. The lowest BCUT2D eigenvalue weighted by Gasteiger charge is -1.83. The molecule has 1 heterocycles. The van der Waals surface area contributed by atoms with Crippen molar-refractivity contribution in [1.29, 1.82) is 0 Å². The molecule has 0 unspecified atom stereocenters.